The molecule has 0 N–H and O–H groups in total. The van der Waals surface area contributed by atoms with Crippen LogP contribution in [-0.2, 0) is 19.8 Å². The van der Waals surface area contributed by atoms with Crippen LogP contribution in [-0.4, -0.2) is 72.2 Å². The van der Waals surface area contributed by atoms with Crippen molar-refractivity contribution in [3.05, 3.63) is 35.6 Å². The number of amides is 3. The highest BCUT2D eigenvalue weighted by Gasteiger charge is 2.54. The quantitative estimate of drug-likeness (QED) is 0.668. The fourth-order valence-electron chi connectivity index (χ4n) is 5.38. The molecule has 6 nitrogen and oxygen atoms in total. The zero-order valence-corrected chi connectivity index (χ0v) is 17.8. The Balaban J connectivity index is 1.64. The Hall–Kier alpha value is -2.28. The van der Waals surface area contributed by atoms with Crippen LogP contribution in [0.3, 0.4) is 0 Å². The first kappa shape index (κ1) is 21.0. The van der Waals surface area contributed by atoms with E-state index < -0.39 is 11.2 Å². The molecule has 0 unspecified atom stereocenters. The molecule has 0 aromatic heterocycles. The van der Waals surface area contributed by atoms with Crippen molar-refractivity contribution in [1.82, 2.24) is 14.7 Å². The standard InChI is InChI=1S/C23H30FN3O3/c1-25(2)9-10-26-20(28)13-23(22(26)30,17-6-4-7-18(24)12-17)14-21(29)27-15-16-5-3-8-19(27)11-16/h4,6-7,12,16,19H,3,5,8-11,13-15H2,1-2H3/t16-,19-,23+/m1/s1. The second-order valence-corrected chi connectivity index (χ2v) is 9.33. The number of fused-ring (bicyclic) bond motifs is 2. The Bertz CT molecular complexity index is 858. The second-order valence-electron chi connectivity index (χ2n) is 9.33. The fraction of sp³-hybridized carbons (Fsp3) is 0.609. The highest BCUT2D eigenvalue weighted by atomic mass is 19.1. The summed E-state index contributed by atoms with van der Waals surface area (Å²) in [4.78, 5) is 44.8. The zero-order chi connectivity index (χ0) is 21.5. The van der Waals surface area contributed by atoms with Gasteiger partial charge in [-0.25, -0.2) is 4.39 Å². The van der Waals surface area contributed by atoms with E-state index in [1.165, 1.54) is 17.0 Å². The Morgan fingerprint density at radius 2 is 2.07 bits per heavy atom. The normalized spacial score (nSPS) is 28.7. The van der Waals surface area contributed by atoms with Crippen molar-refractivity contribution in [3.63, 3.8) is 0 Å². The minimum Gasteiger partial charge on any atom is -0.339 e. The van der Waals surface area contributed by atoms with Gasteiger partial charge in [-0.15, -0.1) is 0 Å². The number of halogens is 1. The molecule has 3 amide bonds. The maximum Gasteiger partial charge on any atom is 0.240 e. The minimum atomic E-state index is -1.32. The third kappa shape index (κ3) is 3.75. The van der Waals surface area contributed by atoms with Crippen LogP contribution in [0.2, 0.25) is 0 Å². The van der Waals surface area contributed by atoms with Gasteiger partial charge in [-0.2, -0.15) is 0 Å². The van der Waals surface area contributed by atoms with E-state index in [1.807, 2.05) is 23.9 Å². The SMILES string of the molecule is CN(C)CCN1C(=O)C[C@](CC(=O)N2C[C@@H]3CCC[C@@H]2C3)(c2cccc(F)c2)C1=O. The number of hydrogen-bond acceptors (Lipinski definition) is 4. The monoisotopic (exact) mass is 415 g/mol. The van der Waals surface area contributed by atoms with E-state index >= 15 is 0 Å². The van der Waals surface area contributed by atoms with Crippen molar-refractivity contribution >= 4 is 17.7 Å². The molecule has 0 radical (unpaired) electrons. The number of benzene rings is 1. The van der Waals surface area contributed by atoms with Crippen molar-refractivity contribution in [2.75, 3.05) is 33.7 Å². The van der Waals surface area contributed by atoms with Crippen LogP contribution in [0, 0.1) is 11.7 Å². The van der Waals surface area contributed by atoms with Crippen LogP contribution in [0.1, 0.15) is 44.1 Å². The predicted octanol–water partition coefficient (Wildman–Crippen LogP) is 2.18. The Morgan fingerprint density at radius 1 is 1.27 bits per heavy atom. The number of carbonyl (C=O) groups is 3. The maximum absolute atomic E-state index is 14.1. The van der Waals surface area contributed by atoms with E-state index in [9.17, 15) is 18.8 Å². The largest absolute Gasteiger partial charge is 0.339 e. The van der Waals surface area contributed by atoms with Gasteiger partial charge in [0.05, 0.1) is 5.41 Å². The molecule has 1 aromatic carbocycles. The summed E-state index contributed by atoms with van der Waals surface area (Å²) in [5.74, 6) is -0.697. The fourth-order valence-corrected chi connectivity index (χ4v) is 5.38. The molecule has 7 heteroatoms. The van der Waals surface area contributed by atoms with Crippen LogP contribution in [0.5, 0.6) is 0 Å². The van der Waals surface area contributed by atoms with Crippen LogP contribution in [0.4, 0.5) is 4.39 Å². The third-order valence-corrected chi connectivity index (χ3v) is 6.98. The number of carbonyl (C=O) groups excluding carboxylic acids is 3. The lowest BCUT2D eigenvalue weighted by Crippen LogP contribution is -2.45. The van der Waals surface area contributed by atoms with Gasteiger partial charge < -0.3 is 9.80 Å². The second kappa shape index (κ2) is 8.10. The lowest BCUT2D eigenvalue weighted by atomic mass is 9.75. The van der Waals surface area contributed by atoms with Crippen molar-refractivity contribution in [3.8, 4) is 0 Å². The molecule has 2 aliphatic heterocycles. The van der Waals surface area contributed by atoms with E-state index in [1.54, 1.807) is 12.1 Å². The molecule has 162 valence electrons. The van der Waals surface area contributed by atoms with Gasteiger partial charge in [0, 0.05) is 38.5 Å². The number of likely N-dealkylation sites (tertiary alicyclic amines) is 2. The minimum absolute atomic E-state index is 0.0806. The molecule has 0 spiro atoms. The van der Waals surface area contributed by atoms with Crippen LogP contribution in [0.15, 0.2) is 24.3 Å². The molecule has 1 saturated carbocycles. The molecular formula is C23H30FN3O3. The number of likely N-dealkylation sites (N-methyl/N-ethyl adjacent to an activating group) is 1. The molecule has 30 heavy (non-hydrogen) atoms. The molecule has 1 aromatic rings. The van der Waals surface area contributed by atoms with Crippen molar-refractivity contribution < 1.29 is 18.8 Å². The van der Waals surface area contributed by atoms with Gasteiger partial charge in [-0.1, -0.05) is 18.6 Å². The summed E-state index contributed by atoms with van der Waals surface area (Å²) in [6, 6.07) is 6.06. The molecule has 2 bridgehead atoms. The van der Waals surface area contributed by atoms with Crippen LogP contribution < -0.4 is 0 Å². The number of imide groups is 1. The number of nitrogens with zero attached hydrogens (tertiary/aromatic N) is 3. The topological polar surface area (TPSA) is 60.9 Å². The smallest absolute Gasteiger partial charge is 0.240 e. The van der Waals surface area contributed by atoms with E-state index in [4.69, 9.17) is 0 Å². The average Bonchev–Trinajstić information content (AvgIpc) is 3.13. The van der Waals surface area contributed by atoms with Gasteiger partial charge in [0.15, 0.2) is 0 Å². The van der Waals surface area contributed by atoms with Crippen molar-refractivity contribution in [2.24, 2.45) is 5.92 Å². The molecule has 3 fully saturated rings. The first-order valence-corrected chi connectivity index (χ1v) is 10.9. The maximum atomic E-state index is 14.1. The first-order chi connectivity index (χ1) is 14.3. The van der Waals surface area contributed by atoms with E-state index in [-0.39, 0.29) is 43.1 Å². The molecule has 4 rings (SSSR count). The first-order valence-electron chi connectivity index (χ1n) is 10.9. The number of rotatable bonds is 6. The predicted molar refractivity (Wildman–Crippen MR) is 110 cm³/mol. The van der Waals surface area contributed by atoms with E-state index in [2.05, 4.69) is 0 Å². The van der Waals surface area contributed by atoms with Gasteiger partial charge >= 0.3 is 0 Å². The summed E-state index contributed by atoms with van der Waals surface area (Å²) in [6.07, 6.45) is 4.13. The highest BCUT2D eigenvalue weighted by molar-refractivity contribution is 6.10. The Kier molecular flexibility index (Phi) is 5.66. The zero-order valence-electron chi connectivity index (χ0n) is 17.8. The van der Waals surface area contributed by atoms with Crippen molar-refractivity contribution in [1.29, 1.82) is 0 Å². The van der Waals surface area contributed by atoms with Crippen molar-refractivity contribution in [2.45, 2.75) is 50.0 Å². The van der Waals surface area contributed by atoms with E-state index in [0.29, 0.717) is 18.0 Å². The number of hydrogen-bond donors (Lipinski definition) is 0. The van der Waals surface area contributed by atoms with Crippen LogP contribution >= 0.6 is 0 Å². The summed E-state index contributed by atoms with van der Waals surface area (Å²) in [7, 11) is 3.75. The lowest BCUT2D eigenvalue weighted by molar-refractivity contribution is -0.143. The molecular weight excluding hydrogens is 385 g/mol. The average molecular weight is 416 g/mol. The summed E-state index contributed by atoms with van der Waals surface area (Å²) in [5.41, 5.74) is -0.900. The molecule has 3 aliphatic rings. The van der Waals surface area contributed by atoms with Gasteiger partial charge in [-0.05, 0) is 57.0 Å². The Labute approximate surface area is 177 Å². The summed E-state index contributed by atoms with van der Waals surface area (Å²) < 4.78 is 14.1. The molecule has 3 atom stereocenters. The van der Waals surface area contributed by atoms with Gasteiger partial charge in [0.2, 0.25) is 17.7 Å². The van der Waals surface area contributed by atoms with Gasteiger partial charge in [-0.3, -0.25) is 19.3 Å². The lowest BCUT2D eigenvalue weighted by Gasteiger charge is -2.31. The van der Waals surface area contributed by atoms with E-state index in [0.717, 1.165) is 32.2 Å². The highest BCUT2D eigenvalue weighted by Crippen LogP contribution is 2.42. The summed E-state index contributed by atoms with van der Waals surface area (Å²) in [5, 5.41) is 0. The van der Waals surface area contributed by atoms with Gasteiger partial charge in [0.25, 0.3) is 0 Å². The Morgan fingerprint density at radius 3 is 2.77 bits per heavy atom. The van der Waals surface area contributed by atoms with Crippen LogP contribution in [0.25, 0.3) is 0 Å². The summed E-state index contributed by atoms with van der Waals surface area (Å²) >= 11 is 0. The molecule has 1 aliphatic carbocycles. The van der Waals surface area contributed by atoms with Gasteiger partial charge in [0.1, 0.15) is 5.82 Å². The molecule has 2 saturated heterocycles. The molecule has 2 heterocycles. The third-order valence-electron chi connectivity index (χ3n) is 6.98. The summed E-state index contributed by atoms with van der Waals surface area (Å²) in [6.45, 7) is 1.54.